The van der Waals surface area contributed by atoms with E-state index in [2.05, 4.69) is 32.0 Å². The Labute approximate surface area is 119 Å². The second-order valence-corrected chi connectivity index (χ2v) is 5.64. The molecule has 0 aliphatic rings. The average molecular weight is 273 g/mol. The van der Waals surface area contributed by atoms with Crippen molar-refractivity contribution in [2.24, 2.45) is 0 Å². The van der Waals surface area contributed by atoms with Crippen molar-refractivity contribution in [2.75, 3.05) is 18.1 Å². The number of hydrogen-bond donors (Lipinski definition) is 1. The predicted octanol–water partition coefficient (Wildman–Crippen LogP) is 4.06. The first-order valence-corrected chi connectivity index (χ1v) is 7.33. The molecule has 2 aromatic carbocycles. The standard InChI is InChI=1S/C16H19NOS/c1-12-7-8-16(13(2)11-12)19-10-9-18-15-6-4-3-5-14(15)17/h3-8,11H,9-10,17H2,1-2H3. The number of nitrogen functional groups attached to an aromatic ring is 1. The van der Waals surface area contributed by atoms with Crippen LogP contribution in [0.1, 0.15) is 11.1 Å². The number of anilines is 1. The Kier molecular flexibility index (Phi) is 4.74. The van der Waals surface area contributed by atoms with Crippen LogP contribution in [0.4, 0.5) is 5.69 Å². The van der Waals surface area contributed by atoms with E-state index in [9.17, 15) is 0 Å². The fourth-order valence-electron chi connectivity index (χ4n) is 1.88. The molecule has 0 heterocycles. The molecule has 2 aromatic rings. The van der Waals surface area contributed by atoms with Crippen LogP contribution in [0.5, 0.6) is 5.75 Å². The first-order valence-electron chi connectivity index (χ1n) is 6.34. The van der Waals surface area contributed by atoms with Gasteiger partial charge in [0.2, 0.25) is 0 Å². The third-order valence-electron chi connectivity index (χ3n) is 2.85. The zero-order valence-electron chi connectivity index (χ0n) is 11.3. The van der Waals surface area contributed by atoms with Gasteiger partial charge in [0.15, 0.2) is 0 Å². The van der Waals surface area contributed by atoms with E-state index in [4.69, 9.17) is 10.5 Å². The molecule has 100 valence electrons. The molecular weight excluding hydrogens is 254 g/mol. The van der Waals surface area contributed by atoms with Gasteiger partial charge >= 0.3 is 0 Å². The maximum Gasteiger partial charge on any atom is 0.142 e. The molecule has 0 aliphatic carbocycles. The summed E-state index contributed by atoms with van der Waals surface area (Å²) in [4.78, 5) is 1.32. The lowest BCUT2D eigenvalue weighted by molar-refractivity contribution is 0.346. The minimum Gasteiger partial charge on any atom is -0.491 e. The zero-order chi connectivity index (χ0) is 13.7. The van der Waals surface area contributed by atoms with Gasteiger partial charge in [0.25, 0.3) is 0 Å². The highest BCUT2D eigenvalue weighted by molar-refractivity contribution is 7.99. The smallest absolute Gasteiger partial charge is 0.142 e. The number of thioether (sulfide) groups is 1. The summed E-state index contributed by atoms with van der Waals surface area (Å²) in [6.45, 7) is 4.92. The van der Waals surface area contributed by atoms with Crippen molar-refractivity contribution in [3.05, 3.63) is 53.6 Å². The van der Waals surface area contributed by atoms with Gasteiger partial charge in [-0.05, 0) is 37.6 Å². The van der Waals surface area contributed by atoms with Gasteiger partial charge in [0.1, 0.15) is 5.75 Å². The number of aryl methyl sites for hydroxylation is 2. The van der Waals surface area contributed by atoms with Gasteiger partial charge in [-0.1, -0.05) is 29.8 Å². The van der Waals surface area contributed by atoms with Crippen molar-refractivity contribution < 1.29 is 4.74 Å². The van der Waals surface area contributed by atoms with Crippen LogP contribution in [0.2, 0.25) is 0 Å². The monoisotopic (exact) mass is 273 g/mol. The molecule has 0 aromatic heterocycles. The van der Waals surface area contributed by atoms with Gasteiger partial charge in [0, 0.05) is 10.6 Å². The number of benzene rings is 2. The molecule has 2 rings (SSSR count). The van der Waals surface area contributed by atoms with Crippen LogP contribution in [0.25, 0.3) is 0 Å². The second kappa shape index (κ2) is 6.53. The number of rotatable bonds is 5. The van der Waals surface area contributed by atoms with Gasteiger partial charge in [0.05, 0.1) is 12.3 Å². The molecule has 2 N–H and O–H groups in total. The molecule has 0 amide bonds. The second-order valence-electron chi connectivity index (χ2n) is 4.50. The summed E-state index contributed by atoms with van der Waals surface area (Å²) in [5.74, 6) is 1.68. The minimum absolute atomic E-state index is 0.659. The Morgan fingerprint density at radius 3 is 2.63 bits per heavy atom. The summed E-state index contributed by atoms with van der Waals surface area (Å²) in [6, 6.07) is 14.1. The van der Waals surface area contributed by atoms with E-state index < -0.39 is 0 Å². The zero-order valence-corrected chi connectivity index (χ0v) is 12.2. The Morgan fingerprint density at radius 2 is 1.89 bits per heavy atom. The molecule has 0 saturated carbocycles. The van der Waals surface area contributed by atoms with Crippen molar-refractivity contribution in [3.63, 3.8) is 0 Å². The third-order valence-corrected chi connectivity index (χ3v) is 3.99. The molecule has 0 bridgehead atoms. The molecular formula is C16H19NOS. The molecule has 0 spiro atoms. The molecule has 0 aliphatic heterocycles. The van der Waals surface area contributed by atoms with Crippen molar-refractivity contribution in [1.29, 1.82) is 0 Å². The number of ether oxygens (including phenoxy) is 1. The predicted molar refractivity (Wildman–Crippen MR) is 83.0 cm³/mol. The van der Waals surface area contributed by atoms with Crippen molar-refractivity contribution >= 4 is 17.4 Å². The van der Waals surface area contributed by atoms with E-state index in [1.165, 1.54) is 16.0 Å². The van der Waals surface area contributed by atoms with Crippen molar-refractivity contribution in [3.8, 4) is 5.75 Å². The highest BCUT2D eigenvalue weighted by atomic mass is 32.2. The van der Waals surface area contributed by atoms with Gasteiger partial charge in [-0.2, -0.15) is 0 Å². The number of nitrogens with two attached hydrogens (primary N) is 1. The molecule has 0 atom stereocenters. The lowest BCUT2D eigenvalue weighted by atomic mass is 10.2. The molecule has 3 heteroatoms. The van der Waals surface area contributed by atoms with Crippen LogP contribution in [0.15, 0.2) is 47.4 Å². The van der Waals surface area contributed by atoms with Gasteiger partial charge in [-0.25, -0.2) is 0 Å². The quantitative estimate of drug-likeness (QED) is 0.507. The highest BCUT2D eigenvalue weighted by Crippen LogP contribution is 2.24. The lowest BCUT2D eigenvalue weighted by Crippen LogP contribution is -2.02. The first kappa shape index (κ1) is 13.8. The molecule has 0 fully saturated rings. The molecule has 19 heavy (non-hydrogen) atoms. The molecule has 0 unspecified atom stereocenters. The van der Waals surface area contributed by atoms with Crippen LogP contribution in [0.3, 0.4) is 0 Å². The van der Waals surface area contributed by atoms with E-state index in [1.807, 2.05) is 36.0 Å². The van der Waals surface area contributed by atoms with Gasteiger partial charge in [-0.3, -0.25) is 0 Å². The van der Waals surface area contributed by atoms with Crippen LogP contribution in [-0.2, 0) is 0 Å². The van der Waals surface area contributed by atoms with Gasteiger partial charge < -0.3 is 10.5 Å². The first-order chi connectivity index (χ1) is 9.16. The fourth-order valence-corrected chi connectivity index (χ4v) is 2.71. The SMILES string of the molecule is Cc1ccc(SCCOc2ccccc2N)c(C)c1. The summed E-state index contributed by atoms with van der Waals surface area (Å²) >= 11 is 1.82. The van der Waals surface area contributed by atoms with E-state index in [0.29, 0.717) is 12.3 Å². The molecule has 0 radical (unpaired) electrons. The molecule has 0 saturated heterocycles. The number of hydrogen-bond acceptors (Lipinski definition) is 3. The maximum atomic E-state index is 5.82. The molecule has 2 nitrogen and oxygen atoms in total. The summed E-state index contributed by atoms with van der Waals surface area (Å²) in [7, 11) is 0. The van der Waals surface area contributed by atoms with Crippen LogP contribution in [-0.4, -0.2) is 12.4 Å². The highest BCUT2D eigenvalue weighted by Gasteiger charge is 2.01. The van der Waals surface area contributed by atoms with Gasteiger partial charge in [-0.15, -0.1) is 11.8 Å². The van der Waals surface area contributed by atoms with Crippen molar-refractivity contribution in [2.45, 2.75) is 18.7 Å². The lowest BCUT2D eigenvalue weighted by Gasteiger charge is -2.09. The topological polar surface area (TPSA) is 35.2 Å². The van der Waals surface area contributed by atoms with Crippen LogP contribution in [0, 0.1) is 13.8 Å². The van der Waals surface area contributed by atoms with E-state index in [-0.39, 0.29) is 0 Å². The minimum atomic E-state index is 0.659. The van der Waals surface area contributed by atoms with Crippen molar-refractivity contribution in [1.82, 2.24) is 0 Å². The summed E-state index contributed by atoms with van der Waals surface area (Å²) in [5, 5.41) is 0. The average Bonchev–Trinajstić information content (AvgIpc) is 2.38. The largest absolute Gasteiger partial charge is 0.491 e. The van der Waals surface area contributed by atoms with Crippen LogP contribution >= 0.6 is 11.8 Å². The summed E-state index contributed by atoms with van der Waals surface area (Å²) in [6.07, 6.45) is 0. The Morgan fingerprint density at radius 1 is 1.11 bits per heavy atom. The Hall–Kier alpha value is -1.61. The Bertz CT molecular complexity index is 554. The van der Waals surface area contributed by atoms with E-state index >= 15 is 0 Å². The summed E-state index contributed by atoms with van der Waals surface area (Å²) < 4.78 is 5.68. The van der Waals surface area contributed by atoms with E-state index in [0.717, 1.165) is 11.5 Å². The summed E-state index contributed by atoms with van der Waals surface area (Å²) in [5.41, 5.74) is 9.14. The fraction of sp³-hybridized carbons (Fsp3) is 0.250. The van der Waals surface area contributed by atoms with E-state index in [1.54, 1.807) is 0 Å². The van der Waals surface area contributed by atoms with Crippen LogP contribution < -0.4 is 10.5 Å². The normalized spacial score (nSPS) is 10.4. The third kappa shape index (κ3) is 3.93. The number of para-hydroxylation sites is 2. The maximum absolute atomic E-state index is 5.82. The Balaban J connectivity index is 1.83.